The molecule has 2 aliphatic rings. The van der Waals surface area contributed by atoms with E-state index in [1.54, 1.807) is 22.5 Å². The molecule has 2 fully saturated rings. The molecule has 0 amide bonds. The minimum Gasteiger partial charge on any atom is -0.207 e. The van der Waals surface area contributed by atoms with Crippen molar-refractivity contribution in [3.05, 3.63) is 27.7 Å². The molecule has 0 unspecified atom stereocenters. The van der Waals surface area contributed by atoms with Crippen LogP contribution >= 0.6 is 27.5 Å². The van der Waals surface area contributed by atoms with Crippen molar-refractivity contribution in [1.29, 1.82) is 0 Å². The maximum atomic E-state index is 12.7. The van der Waals surface area contributed by atoms with Gasteiger partial charge in [0.2, 0.25) is 10.0 Å². The molecule has 0 aliphatic heterocycles. The first kappa shape index (κ1) is 13.9. The van der Waals surface area contributed by atoms with Crippen molar-refractivity contribution in [2.45, 2.75) is 36.6 Å². The van der Waals surface area contributed by atoms with Crippen LogP contribution in [0.1, 0.15) is 25.7 Å². The highest BCUT2D eigenvalue weighted by Crippen LogP contribution is 2.39. The number of hydrogen-bond donors (Lipinski definition) is 0. The minimum atomic E-state index is -3.46. The summed E-state index contributed by atoms with van der Waals surface area (Å²) in [6, 6.07) is 5.13. The molecule has 0 N–H and O–H groups in total. The quantitative estimate of drug-likeness (QED) is 0.799. The summed E-state index contributed by atoms with van der Waals surface area (Å²) in [4.78, 5) is 0.227. The lowest BCUT2D eigenvalue weighted by Gasteiger charge is -2.22. The fraction of sp³-hybridized carbons (Fsp3) is 0.538. The molecule has 2 aliphatic carbocycles. The largest absolute Gasteiger partial charge is 0.244 e. The van der Waals surface area contributed by atoms with E-state index in [4.69, 9.17) is 11.6 Å². The number of sulfonamides is 1. The maximum absolute atomic E-state index is 12.7. The van der Waals surface area contributed by atoms with E-state index in [-0.39, 0.29) is 16.0 Å². The summed E-state index contributed by atoms with van der Waals surface area (Å²) in [5.74, 6) is 0.546. The van der Waals surface area contributed by atoms with Crippen LogP contribution in [0.4, 0.5) is 0 Å². The third-order valence-corrected chi connectivity index (χ3v) is 6.46. The lowest BCUT2D eigenvalue weighted by atomic mass is 10.4. The zero-order valence-electron chi connectivity index (χ0n) is 10.4. The Labute approximate surface area is 127 Å². The second kappa shape index (κ2) is 5.02. The molecule has 0 heterocycles. The van der Waals surface area contributed by atoms with Gasteiger partial charge in [0, 0.05) is 17.1 Å². The van der Waals surface area contributed by atoms with E-state index >= 15 is 0 Å². The van der Waals surface area contributed by atoms with Crippen molar-refractivity contribution in [2.24, 2.45) is 5.92 Å². The second-order valence-electron chi connectivity index (χ2n) is 5.32. The molecule has 19 heavy (non-hydrogen) atoms. The fourth-order valence-corrected chi connectivity index (χ4v) is 4.95. The Kier molecular flexibility index (Phi) is 3.67. The SMILES string of the molecule is O=S(=O)(c1ccc(Br)cc1Cl)N(CC1CC1)C1CC1. The third-order valence-electron chi connectivity index (χ3n) is 3.57. The topological polar surface area (TPSA) is 37.4 Å². The van der Waals surface area contributed by atoms with Gasteiger partial charge in [-0.15, -0.1) is 0 Å². The molecular weight excluding hydrogens is 350 g/mol. The lowest BCUT2D eigenvalue weighted by Crippen LogP contribution is -2.35. The molecule has 0 radical (unpaired) electrons. The van der Waals surface area contributed by atoms with Gasteiger partial charge < -0.3 is 0 Å². The Morgan fingerprint density at radius 3 is 2.47 bits per heavy atom. The van der Waals surface area contributed by atoms with Crippen LogP contribution in [0.2, 0.25) is 5.02 Å². The standard InChI is InChI=1S/C13H15BrClNO2S/c14-10-3-6-13(12(15)7-10)19(17,18)16(11-4-5-11)8-9-1-2-9/h3,6-7,9,11H,1-2,4-5,8H2. The zero-order chi connectivity index (χ0) is 13.6. The Balaban J connectivity index is 1.94. The van der Waals surface area contributed by atoms with E-state index in [2.05, 4.69) is 15.9 Å². The van der Waals surface area contributed by atoms with E-state index < -0.39 is 10.0 Å². The molecule has 1 aromatic carbocycles. The van der Waals surface area contributed by atoms with Gasteiger partial charge in [-0.2, -0.15) is 4.31 Å². The lowest BCUT2D eigenvalue weighted by molar-refractivity contribution is 0.389. The van der Waals surface area contributed by atoms with Gasteiger partial charge in [-0.25, -0.2) is 8.42 Å². The molecule has 3 rings (SSSR count). The molecule has 0 spiro atoms. The summed E-state index contributed by atoms with van der Waals surface area (Å²) in [6.45, 7) is 0.652. The van der Waals surface area contributed by atoms with Gasteiger partial charge in [-0.05, 0) is 49.8 Å². The van der Waals surface area contributed by atoms with Crippen molar-refractivity contribution in [3.63, 3.8) is 0 Å². The fourth-order valence-electron chi connectivity index (χ4n) is 2.17. The van der Waals surface area contributed by atoms with Gasteiger partial charge in [0.25, 0.3) is 0 Å². The van der Waals surface area contributed by atoms with E-state index in [1.807, 2.05) is 0 Å². The van der Waals surface area contributed by atoms with Gasteiger partial charge in [0.15, 0.2) is 0 Å². The van der Waals surface area contributed by atoms with Gasteiger partial charge >= 0.3 is 0 Å². The van der Waals surface area contributed by atoms with E-state index in [1.165, 1.54) is 0 Å². The highest BCUT2D eigenvalue weighted by Gasteiger charge is 2.41. The van der Waals surface area contributed by atoms with E-state index in [0.29, 0.717) is 12.5 Å². The molecule has 104 valence electrons. The third kappa shape index (κ3) is 2.99. The minimum absolute atomic E-state index is 0.185. The average Bonchev–Trinajstić information content (AvgIpc) is 3.19. The smallest absolute Gasteiger partial charge is 0.207 e. The average molecular weight is 365 g/mol. The van der Waals surface area contributed by atoms with Crippen molar-refractivity contribution < 1.29 is 8.42 Å². The molecule has 0 bridgehead atoms. The summed E-state index contributed by atoms with van der Waals surface area (Å²) in [5, 5.41) is 0.288. The Bertz CT molecular complexity index is 597. The number of nitrogens with zero attached hydrogens (tertiary/aromatic N) is 1. The monoisotopic (exact) mass is 363 g/mol. The van der Waals surface area contributed by atoms with Crippen LogP contribution in [0.15, 0.2) is 27.6 Å². The highest BCUT2D eigenvalue weighted by molar-refractivity contribution is 9.10. The number of rotatable bonds is 5. The van der Waals surface area contributed by atoms with Crippen LogP contribution in [0.3, 0.4) is 0 Å². The molecular formula is C13H15BrClNO2S. The Hall–Kier alpha value is -0.100. The first-order valence-electron chi connectivity index (χ1n) is 6.45. The van der Waals surface area contributed by atoms with Crippen molar-refractivity contribution in [1.82, 2.24) is 4.31 Å². The summed E-state index contributed by atoms with van der Waals surface area (Å²) in [6.07, 6.45) is 4.24. The molecule has 6 heteroatoms. The molecule has 1 aromatic rings. The van der Waals surface area contributed by atoms with Gasteiger partial charge in [-0.1, -0.05) is 27.5 Å². The normalized spacial score (nSPS) is 19.9. The molecule has 2 saturated carbocycles. The molecule has 3 nitrogen and oxygen atoms in total. The van der Waals surface area contributed by atoms with E-state index in [9.17, 15) is 8.42 Å². The predicted octanol–water partition coefficient (Wildman–Crippen LogP) is 3.67. The highest BCUT2D eigenvalue weighted by atomic mass is 79.9. The number of halogens is 2. The van der Waals surface area contributed by atoms with Crippen LogP contribution in [-0.4, -0.2) is 25.3 Å². The van der Waals surface area contributed by atoms with Crippen LogP contribution in [0.25, 0.3) is 0 Å². The number of hydrogen-bond acceptors (Lipinski definition) is 2. The summed E-state index contributed by atoms with van der Waals surface area (Å²) < 4.78 is 27.9. The molecule has 0 atom stereocenters. The zero-order valence-corrected chi connectivity index (χ0v) is 13.5. The first-order chi connectivity index (χ1) is 8.98. The summed E-state index contributed by atoms with van der Waals surface area (Å²) in [5.41, 5.74) is 0. The van der Waals surface area contributed by atoms with Gasteiger partial charge in [0.05, 0.1) is 5.02 Å². The molecule has 0 saturated heterocycles. The van der Waals surface area contributed by atoms with Crippen molar-refractivity contribution >= 4 is 37.6 Å². The molecule has 0 aromatic heterocycles. The second-order valence-corrected chi connectivity index (χ2v) is 8.51. The van der Waals surface area contributed by atoms with Crippen molar-refractivity contribution in [2.75, 3.05) is 6.54 Å². The first-order valence-corrected chi connectivity index (χ1v) is 9.06. The van der Waals surface area contributed by atoms with Gasteiger partial charge in [-0.3, -0.25) is 0 Å². The van der Waals surface area contributed by atoms with Crippen LogP contribution in [0.5, 0.6) is 0 Å². The van der Waals surface area contributed by atoms with Crippen molar-refractivity contribution in [3.8, 4) is 0 Å². The van der Waals surface area contributed by atoms with Crippen LogP contribution in [0, 0.1) is 5.92 Å². The summed E-state index contributed by atoms with van der Waals surface area (Å²) >= 11 is 9.40. The van der Waals surface area contributed by atoms with Gasteiger partial charge in [0.1, 0.15) is 4.90 Å². The Morgan fingerprint density at radius 1 is 1.26 bits per heavy atom. The number of benzene rings is 1. The van der Waals surface area contributed by atoms with Crippen LogP contribution in [-0.2, 0) is 10.0 Å². The Morgan fingerprint density at radius 2 is 1.95 bits per heavy atom. The predicted molar refractivity (Wildman–Crippen MR) is 78.8 cm³/mol. The van der Waals surface area contributed by atoms with E-state index in [0.717, 1.165) is 30.2 Å². The maximum Gasteiger partial charge on any atom is 0.244 e. The summed E-state index contributed by atoms with van der Waals surface area (Å²) in [7, 11) is -3.46. The van der Waals surface area contributed by atoms with Crippen LogP contribution < -0.4 is 0 Å².